The lowest BCUT2D eigenvalue weighted by atomic mass is 9.94. The van der Waals surface area contributed by atoms with Crippen molar-refractivity contribution in [3.8, 4) is 0 Å². The van der Waals surface area contributed by atoms with Crippen molar-refractivity contribution in [1.29, 1.82) is 0 Å². The first-order valence-corrected chi connectivity index (χ1v) is 6.60. The van der Waals surface area contributed by atoms with Gasteiger partial charge in [-0.2, -0.15) is 0 Å². The highest BCUT2D eigenvalue weighted by Gasteiger charge is 2.22. The van der Waals surface area contributed by atoms with Gasteiger partial charge < -0.3 is 11.1 Å². The van der Waals surface area contributed by atoms with Crippen molar-refractivity contribution in [2.45, 2.75) is 26.8 Å². The number of amides is 1. The minimum atomic E-state index is -0.157. The molecular formula is C14H21ClN2O. The quantitative estimate of drug-likeness (QED) is 0.863. The highest BCUT2D eigenvalue weighted by Crippen LogP contribution is 2.22. The van der Waals surface area contributed by atoms with Gasteiger partial charge in [0, 0.05) is 11.6 Å². The van der Waals surface area contributed by atoms with Crippen molar-refractivity contribution in [2.75, 3.05) is 6.54 Å². The van der Waals surface area contributed by atoms with Crippen LogP contribution in [0.1, 0.15) is 32.4 Å². The molecule has 1 rings (SSSR count). The summed E-state index contributed by atoms with van der Waals surface area (Å²) in [6.07, 6.45) is 0. The normalized spacial score (nSPS) is 14.3. The Hall–Kier alpha value is -1.06. The van der Waals surface area contributed by atoms with E-state index in [9.17, 15) is 4.79 Å². The molecule has 1 unspecified atom stereocenters. The lowest BCUT2D eigenvalue weighted by molar-refractivity contribution is -0.126. The molecule has 4 heteroatoms. The molecule has 0 spiro atoms. The molecule has 0 bridgehead atoms. The first-order chi connectivity index (χ1) is 8.47. The molecule has 0 saturated heterocycles. The molecule has 0 aliphatic rings. The average Bonchev–Trinajstić information content (AvgIpc) is 2.29. The maximum Gasteiger partial charge on any atom is 0.225 e. The lowest BCUT2D eigenvalue weighted by Crippen LogP contribution is -2.39. The Morgan fingerprint density at radius 3 is 2.44 bits per heavy atom. The number of hydrogen-bond donors (Lipinski definition) is 2. The molecule has 1 amide bonds. The molecule has 2 atom stereocenters. The molecule has 0 fully saturated rings. The summed E-state index contributed by atoms with van der Waals surface area (Å²) in [7, 11) is 0. The first-order valence-electron chi connectivity index (χ1n) is 6.22. The van der Waals surface area contributed by atoms with Crippen LogP contribution in [0.3, 0.4) is 0 Å². The Bertz CT molecular complexity index is 407. The number of carbonyl (C=O) groups excluding carboxylic acids is 1. The Morgan fingerprint density at radius 2 is 1.94 bits per heavy atom. The van der Waals surface area contributed by atoms with E-state index >= 15 is 0 Å². The molecule has 3 N–H and O–H groups in total. The van der Waals surface area contributed by atoms with Gasteiger partial charge in [0.15, 0.2) is 0 Å². The topological polar surface area (TPSA) is 55.1 Å². The summed E-state index contributed by atoms with van der Waals surface area (Å²) in [6.45, 7) is 6.28. The summed E-state index contributed by atoms with van der Waals surface area (Å²) in [4.78, 5) is 12.1. The fraction of sp³-hybridized carbons (Fsp3) is 0.500. The molecule has 0 aliphatic heterocycles. The molecule has 0 heterocycles. The summed E-state index contributed by atoms with van der Waals surface area (Å²) in [6, 6.07) is 7.41. The zero-order valence-electron chi connectivity index (χ0n) is 11.1. The molecule has 1 aromatic carbocycles. The first kappa shape index (κ1) is 15.0. The van der Waals surface area contributed by atoms with Crippen LogP contribution < -0.4 is 11.1 Å². The van der Waals surface area contributed by atoms with E-state index < -0.39 is 0 Å². The summed E-state index contributed by atoms with van der Waals surface area (Å²) < 4.78 is 0. The van der Waals surface area contributed by atoms with Crippen LogP contribution in [0.25, 0.3) is 0 Å². The van der Waals surface area contributed by atoms with Crippen molar-refractivity contribution in [2.24, 2.45) is 17.6 Å². The average molecular weight is 269 g/mol. The number of hydrogen-bond acceptors (Lipinski definition) is 2. The summed E-state index contributed by atoms with van der Waals surface area (Å²) in [5.74, 6) is 0.0586. The van der Waals surface area contributed by atoms with E-state index in [4.69, 9.17) is 17.3 Å². The van der Waals surface area contributed by atoms with E-state index in [-0.39, 0.29) is 23.8 Å². The van der Waals surface area contributed by atoms with Crippen LogP contribution in [-0.2, 0) is 4.79 Å². The maximum absolute atomic E-state index is 12.1. The molecular weight excluding hydrogens is 248 g/mol. The van der Waals surface area contributed by atoms with Gasteiger partial charge in [-0.25, -0.2) is 0 Å². The van der Waals surface area contributed by atoms with Gasteiger partial charge in [0.25, 0.3) is 0 Å². The fourth-order valence-corrected chi connectivity index (χ4v) is 2.21. The van der Waals surface area contributed by atoms with Gasteiger partial charge in [-0.3, -0.25) is 4.79 Å². The molecule has 0 saturated carbocycles. The Morgan fingerprint density at radius 1 is 1.33 bits per heavy atom. The monoisotopic (exact) mass is 268 g/mol. The van der Waals surface area contributed by atoms with Crippen LogP contribution in [0.4, 0.5) is 0 Å². The van der Waals surface area contributed by atoms with Crippen molar-refractivity contribution >= 4 is 17.5 Å². The van der Waals surface area contributed by atoms with Crippen molar-refractivity contribution < 1.29 is 4.79 Å². The van der Waals surface area contributed by atoms with E-state index in [0.29, 0.717) is 11.6 Å². The largest absolute Gasteiger partial charge is 0.349 e. The second-order valence-electron chi connectivity index (χ2n) is 4.84. The number of nitrogens with two attached hydrogens (primary N) is 1. The number of halogens is 1. The number of benzene rings is 1. The molecule has 18 heavy (non-hydrogen) atoms. The van der Waals surface area contributed by atoms with E-state index in [2.05, 4.69) is 5.32 Å². The SMILES string of the molecule is CC(C)C(CN)C(=O)N[C@@H](C)c1ccccc1Cl. The molecule has 0 aliphatic carbocycles. The zero-order valence-corrected chi connectivity index (χ0v) is 11.9. The molecule has 3 nitrogen and oxygen atoms in total. The van der Waals surface area contributed by atoms with E-state index in [0.717, 1.165) is 5.56 Å². The fourth-order valence-electron chi connectivity index (χ4n) is 1.91. The second kappa shape index (κ2) is 6.76. The Balaban J connectivity index is 2.73. The van der Waals surface area contributed by atoms with Gasteiger partial charge in [0.05, 0.1) is 12.0 Å². The number of rotatable bonds is 5. The van der Waals surface area contributed by atoms with Crippen molar-refractivity contribution in [3.05, 3.63) is 34.9 Å². The van der Waals surface area contributed by atoms with Gasteiger partial charge in [0.2, 0.25) is 5.91 Å². The highest BCUT2D eigenvalue weighted by atomic mass is 35.5. The third kappa shape index (κ3) is 3.72. The summed E-state index contributed by atoms with van der Waals surface area (Å²) >= 11 is 6.10. The van der Waals surface area contributed by atoms with Gasteiger partial charge >= 0.3 is 0 Å². The molecule has 0 radical (unpaired) electrons. The summed E-state index contributed by atoms with van der Waals surface area (Å²) in [5.41, 5.74) is 6.56. The van der Waals surface area contributed by atoms with Crippen LogP contribution in [0.15, 0.2) is 24.3 Å². The molecule has 100 valence electrons. The third-order valence-corrected chi connectivity index (χ3v) is 3.47. The van der Waals surface area contributed by atoms with Crippen LogP contribution in [-0.4, -0.2) is 12.5 Å². The van der Waals surface area contributed by atoms with E-state index in [1.807, 2.05) is 45.0 Å². The molecule has 1 aromatic rings. The van der Waals surface area contributed by atoms with Crippen molar-refractivity contribution in [1.82, 2.24) is 5.32 Å². The minimum Gasteiger partial charge on any atom is -0.349 e. The molecule has 0 aromatic heterocycles. The number of nitrogens with one attached hydrogen (secondary N) is 1. The highest BCUT2D eigenvalue weighted by molar-refractivity contribution is 6.31. The van der Waals surface area contributed by atoms with Gasteiger partial charge in [-0.05, 0) is 24.5 Å². The van der Waals surface area contributed by atoms with Crippen LogP contribution >= 0.6 is 11.6 Å². The van der Waals surface area contributed by atoms with E-state index in [1.165, 1.54) is 0 Å². The van der Waals surface area contributed by atoms with Crippen molar-refractivity contribution in [3.63, 3.8) is 0 Å². The van der Waals surface area contributed by atoms with Gasteiger partial charge in [-0.15, -0.1) is 0 Å². The maximum atomic E-state index is 12.1. The predicted molar refractivity (Wildman–Crippen MR) is 75.4 cm³/mol. The third-order valence-electron chi connectivity index (χ3n) is 3.13. The van der Waals surface area contributed by atoms with Crippen LogP contribution in [0.2, 0.25) is 5.02 Å². The van der Waals surface area contributed by atoms with E-state index in [1.54, 1.807) is 0 Å². The summed E-state index contributed by atoms with van der Waals surface area (Å²) in [5, 5.41) is 3.63. The minimum absolute atomic E-state index is 0.0140. The lowest BCUT2D eigenvalue weighted by Gasteiger charge is -2.22. The zero-order chi connectivity index (χ0) is 13.7. The Kier molecular flexibility index (Phi) is 5.63. The van der Waals surface area contributed by atoms with Crippen LogP contribution in [0.5, 0.6) is 0 Å². The standard InChI is InChI=1S/C14H21ClN2O/c1-9(2)12(8-16)14(18)17-10(3)11-6-4-5-7-13(11)15/h4-7,9-10,12H,8,16H2,1-3H3,(H,17,18)/t10-,12?/m0/s1. The number of carbonyl (C=O) groups is 1. The van der Waals surface area contributed by atoms with Gasteiger partial charge in [0.1, 0.15) is 0 Å². The Labute approximate surface area is 114 Å². The second-order valence-corrected chi connectivity index (χ2v) is 5.25. The smallest absolute Gasteiger partial charge is 0.225 e. The van der Waals surface area contributed by atoms with Crippen LogP contribution in [0, 0.1) is 11.8 Å². The predicted octanol–water partition coefficient (Wildman–Crippen LogP) is 2.75. The van der Waals surface area contributed by atoms with Gasteiger partial charge in [-0.1, -0.05) is 43.6 Å².